The van der Waals surface area contributed by atoms with Crippen LogP contribution in [-0.4, -0.2) is 11.5 Å². The molecule has 1 N–H and O–H groups in total. The van der Waals surface area contributed by atoms with E-state index in [1.54, 1.807) is 11.3 Å². The molecule has 2 nitrogen and oxygen atoms in total. The van der Waals surface area contributed by atoms with Gasteiger partial charge in [-0.05, 0) is 47.1 Å². The number of hydrogen-bond donors (Lipinski definition) is 1. The second-order valence-corrected chi connectivity index (χ2v) is 7.71. The summed E-state index contributed by atoms with van der Waals surface area (Å²) in [5.41, 5.74) is 7.87. The molecule has 0 amide bonds. The SMILES string of the molecule is CC(C)CCNc1nc(-c2ccc3c(c2)-c2ccccc2C3)cs1. The van der Waals surface area contributed by atoms with Crippen LogP contribution in [0.2, 0.25) is 0 Å². The van der Waals surface area contributed by atoms with Gasteiger partial charge in [-0.2, -0.15) is 0 Å². The predicted molar refractivity (Wildman–Crippen MR) is 104 cm³/mol. The number of fused-ring (bicyclic) bond motifs is 3. The topological polar surface area (TPSA) is 24.9 Å². The van der Waals surface area contributed by atoms with E-state index < -0.39 is 0 Å². The highest BCUT2D eigenvalue weighted by Gasteiger charge is 2.18. The molecule has 0 saturated carbocycles. The Morgan fingerprint density at radius 3 is 2.79 bits per heavy atom. The summed E-state index contributed by atoms with van der Waals surface area (Å²) in [6, 6.07) is 15.5. The van der Waals surface area contributed by atoms with Gasteiger partial charge >= 0.3 is 0 Å². The highest BCUT2D eigenvalue weighted by Crippen LogP contribution is 2.39. The van der Waals surface area contributed by atoms with E-state index in [2.05, 4.69) is 67.0 Å². The van der Waals surface area contributed by atoms with Crippen molar-refractivity contribution in [2.75, 3.05) is 11.9 Å². The first-order valence-electron chi connectivity index (χ1n) is 8.61. The fourth-order valence-corrected chi connectivity index (χ4v) is 3.99. The van der Waals surface area contributed by atoms with Crippen molar-refractivity contribution in [1.29, 1.82) is 0 Å². The van der Waals surface area contributed by atoms with Gasteiger partial charge in [0.15, 0.2) is 5.13 Å². The van der Waals surface area contributed by atoms with Crippen LogP contribution < -0.4 is 5.32 Å². The van der Waals surface area contributed by atoms with Crippen LogP contribution in [0, 0.1) is 5.92 Å². The third-order valence-electron chi connectivity index (χ3n) is 4.60. The monoisotopic (exact) mass is 334 g/mol. The van der Waals surface area contributed by atoms with Crippen LogP contribution >= 0.6 is 11.3 Å². The Kier molecular flexibility index (Phi) is 4.11. The van der Waals surface area contributed by atoms with Crippen molar-refractivity contribution in [2.45, 2.75) is 26.7 Å². The lowest BCUT2D eigenvalue weighted by molar-refractivity contribution is 0.607. The van der Waals surface area contributed by atoms with Gasteiger partial charge in [0.05, 0.1) is 5.69 Å². The molecule has 0 fully saturated rings. The fraction of sp³-hybridized carbons (Fsp3) is 0.286. The van der Waals surface area contributed by atoms with Gasteiger partial charge in [0, 0.05) is 17.5 Å². The zero-order valence-electron chi connectivity index (χ0n) is 14.2. The van der Waals surface area contributed by atoms with Crippen molar-refractivity contribution in [3.8, 4) is 22.4 Å². The van der Waals surface area contributed by atoms with Crippen molar-refractivity contribution in [3.05, 3.63) is 59.0 Å². The molecule has 0 saturated heterocycles. The molecule has 0 radical (unpaired) electrons. The van der Waals surface area contributed by atoms with Crippen molar-refractivity contribution in [3.63, 3.8) is 0 Å². The van der Waals surface area contributed by atoms with E-state index in [1.807, 2.05) is 0 Å². The minimum Gasteiger partial charge on any atom is -0.361 e. The zero-order chi connectivity index (χ0) is 16.5. The Morgan fingerprint density at radius 1 is 1.08 bits per heavy atom. The van der Waals surface area contributed by atoms with E-state index in [9.17, 15) is 0 Å². The van der Waals surface area contributed by atoms with E-state index in [-0.39, 0.29) is 0 Å². The second-order valence-electron chi connectivity index (χ2n) is 6.85. The summed E-state index contributed by atoms with van der Waals surface area (Å²) in [4.78, 5) is 4.77. The van der Waals surface area contributed by atoms with E-state index in [1.165, 1.54) is 34.2 Å². The van der Waals surface area contributed by atoms with Gasteiger partial charge in [0.1, 0.15) is 0 Å². The van der Waals surface area contributed by atoms with Crippen LogP contribution in [-0.2, 0) is 6.42 Å². The summed E-state index contributed by atoms with van der Waals surface area (Å²) in [5, 5.41) is 6.61. The molecule has 1 aromatic heterocycles. The highest BCUT2D eigenvalue weighted by atomic mass is 32.1. The maximum absolute atomic E-state index is 4.77. The Balaban J connectivity index is 1.58. The van der Waals surface area contributed by atoms with Crippen LogP contribution in [0.15, 0.2) is 47.8 Å². The molecule has 3 aromatic rings. The van der Waals surface area contributed by atoms with E-state index in [0.717, 1.165) is 23.8 Å². The zero-order valence-corrected chi connectivity index (χ0v) is 15.0. The van der Waals surface area contributed by atoms with Crippen molar-refractivity contribution in [1.82, 2.24) is 4.98 Å². The van der Waals surface area contributed by atoms with Gasteiger partial charge in [-0.15, -0.1) is 11.3 Å². The van der Waals surface area contributed by atoms with Crippen molar-refractivity contribution >= 4 is 16.5 Å². The molecule has 0 bridgehead atoms. The van der Waals surface area contributed by atoms with Crippen LogP contribution in [0.1, 0.15) is 31.4 Å². The average molecular weight is 334 g/mol. The molecule has 3 heteroatoms. The van der Waals surface area contributed by atoms with Gasteiger partial charge < -0.3 is 5.32 Å². The van der Waals surface area contributed by atoms with E-state index >= 15 is 0 Å². The fourth-order valence-electron chi connectivity index (χ4n) is 3.24. The molecule has 2 aromatic carbocycles. The number of anilines is 1. The molecule has 1 aliphatic carbocycles. The lowest BCUT2D eigenvalue weighted by Crippen LogP contribution is -2.04. The maximum Gasteiger partial charge on any atom is 0.183 e. The molecule has 0 spiro atoms. The lowest BCUT2D eigenvalue weighted by Gasteiger charge is -2.05. The molecule has 0 aliphatic heterocycles. The summed E-state index contributed by atoms with van der Waals surface area (Å²) < 4.78 is 0. The van der Waals surface area contributed by atoms with Gasteiger partial charge in [-0.3, -0.25) is 0 Å². The first kappa shape index (κ1) is 15.4. The Bertz CT molecular complexity index is 864. The summed E-state index contributed by atoms with van der Waals surface area (Å²) in [6.07, 6.45) is 2.22. The lowest BCUT2D eigenvalue weighted by atomic mass is 10.0. The minimum atomic E-state index is 0.716. The van der Waals surface area contributed by atoms with Gasteiger partial charge in [-0.25, -0.2) is 4.98 Å². The molecule has 1 aliphatic rings. The Labute approximate surface area is 147 Å². The number of nitrogens with zero attached hydrogens (tertiary/aromatic N) is 1. The summed E-state index contributed by atoms with van der Waals surface area (Å²) in [5.74, 6) is 0.716. The van der Waals surface area contributed by atoms with Gasteiger partial charge in [-0.1, -0.05) is 50.2 Å². The first-order chi connectivity index (χ1) is 11.7. The number of nitrogens with one attached hydrogen (secondary N) is 1. The summed E-state index contributed by atoms with van der Waals surface area (Å²) >= 11 is 1.69. The van der Waals surface area contributed by atoms with Crippen LogP contribution in [0.25, 0.3) is 22.4 Å². The molecular weight excluding hydrogens is 312 g/mol. The first-order valence-corrected chi connectivity index (χ1v) is 9.49. The van der Waals surface area contributed by atoms with Crippen LogP contribution in [0.5, 0.6) is 0 Å². The summed E-state index contributed by atoms with van der Waals surface area (Å²) in [7, 11) is 0. The van der Waals surface area contributed by atoms with Gasteiger partial charge in [0.2, 0.25) is 0 Å². The smallest absolute Gasteiger partial charge is 0.183 e. The molecule has 122 valence electrons. The second kappa shape index (κ2) is 6.40. The quantitative estimate of drug-likeness (QED) is 0.496. The van der Waals surface area contributed by atoms with Crippen LogP contribution in [0.4, 0.5) is 5.13 Å². The van der Waals surface area contributed by atoms with E-state index in [4.69, 9.17) is 4.98 Å². The summed E-state index contributed by atoms with van der Waals surface area (Å²) in [6.45, 7) is 5.48. The number of rotatable bonds is 5. The normalized spacial score (nSPS) is 12.3. The van der Waals surface area contributed by atoms with Crippen molar-refractivity contribution in [2.24, 2.45) is 5.92 Å². The third kappa shape index (κ3) is 2.96. The standard InChI is InChI=1S/C21H22N2S/c1-14(2)9-10-22-21-23-20(13-24-21)17-8-7-16-11-15-5-3-4-6-18(15)19(16)12-17/h3-8,12-14H,9-11H2,1-2H3,(H,22,23). The Hall–Kier alpha value is -2.13. The number of aromatic nitrogens is 1. The third-order valence-corrected chi connectivity index (χ3v) is 5.40. The average Bonchev–Trinajstić information content (AvgIpc) is 3.18. The number of benzene rings is 2. The molecule has 0 atom stereocenters. The molecule has 1 heterocycles. The van der Waals surface area contributed by atoms with Crippen LogP contribution in [0.3, 0.4) is 0 Å². The van der Waals surface area contributed by atoms with Crippen molar-refractivity contribution < 1.29 is 0 Å². The van der Waals surface area contributed by atoms with Gasteiger partial charge in [0.25, 0.3) is 0 Å². The van der Waals surface area contributed by atoms with E-state index in [0.29, 0.717) is 5.92 Å². The number of hydrogen-bond acceptors (Lipinski definition) is 3. The largest absolute Gasteiger partial charge is 0.361 e. The molecular formula is C21H22N2S. The predicted octanol–water partition coefficient (Wildman–Crippen LogP) is 5.84. The molecule has 4 rings (SSSR count). The maximum atomic E-state index is 4.77. The highest BCUT2D eigenvalue weighted by molar-refractivity contribution is 7.14. The molecule has 0 unspecified atom stereocenters. The molecule has 24 heavy (non-hydrogen) atoms. The minimum absolute atomic E-state index is 0.716. The number of thiazole rings is 1. The Morgan fingerprint density at radius 2 is 1.92 bits per heavy atom.